The number of carbonyl (C=O) groups excluding carboxylic acids is 1. The third-order valence-electron chi connectivity index (χ3n) is 3.67. The summed E-state index contributed by atoms with van der Waals surface area (Å²) < 4.78 is 10.8. The van der Waals surface area contributed by atoms with Crippen LogP contribution < -0.4 is 10.1 Å². The lowest BCUT2D eigenvalue weighted by molar-refractivity contribution is 0.0902. The molecular formula is C19H19N3O3. The van der Waals surface area contributed by atoms with Crippen molar-refractivity contribution >= 4 is 5.91 Å². The molecule has 0 saturated carbocycles. The van der Waals surface area contributed by atoms with Crippen LogP contribution in [-0.2, 0) is 6.61 Å². The number of aromatic nitrogens is 2. The van der Waals surface area contributed by atoms with E-state index in [4.69, 9.17) is 9.26 Å². The molecule has 0 spiro atoms. The number of amides is 1. The summed E-state index contributed by atoms with van der Waals surface area (Å²) >= 11 is 0. The van der Waals surface area contributed by atoms with E-state index in [0.29, 0.717) is 12.3 Å². The topological polar surface area (TPSA) is 77.2 Å². The number of hydrogen-bond acceptors (Lipinski definition) is 5. The number of rotatable bonds is 6. The summed E-state index contributed by atoms with van der Waals surface area (Å²) in [6.45, 7) is 4.06. The maximum Gasteiger partial charge on any atom is 0.290 e. The highest BCUT2D eigenvalue weighted by molar-refractivity contribution is 5.91. The predicted octanol–water partition coefficient (Wildman–Crippen LogP) is 3.45. The van der Waals surface area contributed by atoms with Gasteiger partial charge in [0, 0.05) is 12.3 Å². The first kappa shape index (κ1) is 16.7. The van der Waals surface area contributed by atoms with Crippen LogP contribution in [0.5, 0.6) is 5.75 Å². The number of pyridine rings is 1. The summed E-state index contributed by atoms with van der Waals surface area (Å²) in [4.78, 5) is 16.4. The average molecular weight is 337 g/mol. The Morgan fingerprint density at radius 1 is 1.24 bits per heavy atom. The summed E-state index contributed by atoms with van der Waals surface area (Å²) in [7, 11) is 0. The maximum absolute atomic E-state index is 12.2. The van der Waals surface area contributed by atoms with E-state index >= 15 is 0 Å². The molecule has 3 aromatic rings. The second-order valence-corrected chi connectivity index (χ2v) is 5.71. The Hall–Kier alpha value is -3.15. The van der Waals surface area contributed by atoms with Crippen LogP contribution in [0.2, 0.25) is 0 Å². The van der Waals surface area contributed by atoms with E-state index in [9.17, 15) is 4.79 Å². The number of ether oxygens (including phenoxy) is 1. The minimum atomic E-state index is -0.298. The van der Waals surface area contributed by atoms with E-state index in [1.165, 1.54) is 0 Å². The minimum Gasteiger partial charge on any atom is -0.487 e. The summed E-state index contributed by atoms with van der Waals surface area (Å²) in [5, 5.41) is 6.61. The van der Waals surface area contributed by atoms with Crippen LogP contribution in [0.4, 0.5) is 0 Å². The van der Waals surface area contributed by atoms with Crippen molar-refractivity contribution in [3.63, 3.8) is 0 Å². The highest BCUT2D eigenvalue weighted by Crippen LogP contribution is 2.20. The van der Waals surface area contributed by atoms with Crippen LogP contribution in [0.1, 0.15) is 40.5 Å². The van der Waals surface area contributed by atoms with Crippen LogP contribution in [0.15, 0.2) is 59.3 Å². The Morgan fingerprint density at radius 3 is 2.84 bits per heavy atom. The average Bonchev–Trinajstić information content (AvgIpc) is 3.08. The van der Waals surface area contributed by atoms with Gasteiger partial charge in [0.1, 0.15) is 12.4 Å². The van der Waals surface area contributed by atoms with Crippen molar-refractivity contribution < 1.29 is 14.1 Å². The van der Waals surface area contributed by atoms with Crippen molar-refractivity contribution in [1.82, 2.24) is 15.5 Å². The first-order chi connectivity index (χ1) is 12.1. The van der Waals surface area contributed by atoms with Gasteiger partial charge in [0.15, 0.2) is 0 Å². The number of benzene rings is 1. The van der Waals surface area contributed by atoms with Crippen LogP contribution in [0.25, 0.3) is 0 Å². The van der Waals surface area contributed by atoms with E-state index in [1.807, 2.05) is 49.4 Å². The van der Waals surface area contributed by atoms with Gasteiger partial charge in [0.25, 0.3) is 5.91 Å². The van der Waals surface area contributed by atoms with Gasteiger partial charge >= 0.3 is 0 Å². The summed E-state index contributed by atoms with van der Waals surface area (Å²) in [5.74, 6) is 0.625. The molecule has 0 saturated heterocycles. The number of hydrogen-bond donors (Lipinski definition) is 1. The predicted molar refractivity (Wildman–Crippen MR) is 92.1 cm³/mol. The van der Waals surface area contributed by atoms with Gasteiger partial charge in [-0.25, -0.2) is 0 Å². The monoisotopic (exact) mass is 337 g/mol. The number of nitrogens with one attached hydrogen (secondary N) is 1. The quantitative estimate of drug-likeness (QED) is 0.745. The van der Waals surface area contributed by atoms with Crippen molar-refractivity contribution in [2.45, 2.75) is 26.5 Å². The summed E-state index contributed by atoms with van der Waals surface area (Å²) in [6, 6.07) is 14.7. The van der Waals surface area contributed by atoms with Gasteiger partial charge < -0.3 is 14.6 Å². The maximum atomic E-state index is 12.2. The Bertz CT molecular complexity index is 846. The van der Waals surface area contributed by atoms with E-state index < -0.39 is 0 Å². The molecule has 6 nitrogen and oxygen atoms in total. The van der Waals surface area contributed by atoms with Gasteiger partial charge in [-0.1, -0.05) is 23.4 Å². The Kier molecular flexibility index (Phi) is 5.09. The SMILES string of the molecule is Cc1cc(C(=O)N[C@@H](C)c2cccc(OCc3ccccn3)c2)on1. The standard InChI is InChI=1S/C19H19N3O3/c1-13-10-18(25-22-13)19(23)21-14(2)15-6-5-8-17(11-15)24-12-16-7-3-4-9-20-16/h3-11,14H,12H2,1-2H3,(H,21,23)/t14-/m0/s1. The zero-order valence-corrected chi connectivity index (χ0v) is 14.1. The molecule has 1 atom stereocenters. The molecule has 0 aliphatic carbocycles. The molecule has 0 unspecified atom stereocenters. The van der Waals surface area contributed by atoms with E-state index in [-0.39, 0.29) is 17.7 Å². The molecule has 2 aromatic heterocycles. The second-order valence-electron chi connectivity index (χ2n) is 5.71. The molecule has 128 valence electrons. The van der Waals surface area contributed by atoms with Gasteiger partial charge in [-0.05, 0) is 43.7 Å². The fourth-order valence-electron chi connectivity index (χ4n) is 2.34. The molecule has 6 heteroatoms. The molecule has 0 radical (unpaired) electrons. The first-order valence-corrected chi connectivity index (χ1v) is 7.98. The molecule has 2 heterocycles. The van der Waals surface area contributed by atoms with E-state index in [1.54, 1.807) is 19.2 Å². The number of carbonyl (C=O) groups is 1. The second kappa shape index (κ2) is 7.61. The van der Waals surface area contributed by atoms with Crippen molar-refractivity contribution in [1.29, 1.82) is 0 Å². The Labute approximate surface area is 145 Å². The Balaban J connectivity index is 1.63. The summed E-state index contributed by atoms with van der Waals surface area (Å²) in [6.07, 6.45) is 1.73. The highest BCUT2D eigenvalue weighted by Gasteiger charge is 2.15. The zero-order chi connectivity index (χ0) is 17.6. The largest absolute Gasteiger partial charge is 0.487 e. The van der Waals surface area contributed by atoms with Gasteiger partial charge in [-0.3, -0.25) is 9.78 Å². The van der Waals surface area contributed by atoms with Crippen molar-refractivity contribution in [3.8, 4) is 5.75 Å². The summed E-state index contributed by atoms with van der Waals surface area (Å²) in [5.41, 5.74) is 2.46. The van der Waals surface area contributed by atoms with Crippen LogP contribution in [0, 0.1) is 6.92 Å². The zero-order valence-electron chi connectivity index (χ0n) is 14.1. The molecule has 0 aliphatic rings. The van der Waals surface area contributed by atoms with Gasteiger partial charge in [-0.2, -0.15) is 0 Å². The van der Waals surface area contributed by atoms with Crippen molar-refractivity contribution in [2.24, 2.45) is 0 Å². The number of aryl methyl sites for hydroxylation is 1. The fraction of sp³-hybridized carbons (Fsp3) is 0.211. The van der Waals surface area contributed by atoms with Crippen molar-refractivity contribution in [2.75, 3.05) is 0 Å². The molecule has 3 rings (SSSR count). The fourth-order valence-corrected chi connectivity index (χ4v) is 2.34. The van der Waals surface area contributed by atoms with Gasteiger partial charge in [0.2, 0.25) is 5.76 Å². The molecule has 1 aromatic carbocycles. The van der Waals surface area contributed by atoms with Gasteiger partial charge in [0.05, 0.1) is 17.4 Å². The third kappa shape index (κ3) is 4.44. The molecule has 25 heavy (non-hydrogen) atoms. The first-order valence-electron chi connectivity index (χ1n) is 7.98. The normalized spacial score (nSPS) is 11.8. The molecule has 1 amide bonds. The Morgan fingerprint density at radius 2 is 2.12 bits per heavy atom. The molecule has 1 N–H and O–H groups in total. The lowest BCUT2D eigenvalue weighted by atomic mass is 10.1. The molecule has 0 fully saturated rings. The highest BCUT2D eigenvalue weighted by atomic mass is 16.5. The number of nitrogens with zero attached hydrogens (tertiary/aromatic N) is 2. The van der Waals surface area contributed by atoms with E-state index in [0.717, 1.165) is 17.0 Å². The van der Waals surface area contributed by atoms with Crippen LogP contribution in [0.3, 0.4) is 0 Å². The molecule has 0 bridgehead atoms. The minimum absolute atomic E-state index is 0.198. The van der Waals surface area contributed by atoms with Gasteiger partial charge in [-0.15, -0.1) is 0 Å². The lowest BCUT2D eigenvalue weighted by Crippen LogP contribution is -2.26. The smallest absolute Gasteiger partial charge is 0.290 e. The molecular weight excluding hydrogens is 318 g/mol. The van der Waals surface area contributed by atoms with Crippen LogP contribution >= 0.6 is 0 Å². The van der Waals surface area contributed by atoms with E-state index in [2.05, 4.69) is 15.5 Å². The van der Waals surface area contributed by atoms with Crippen LogP contribution in [-0.4, -0.2) is 16.0 Å². The third-order valence-corrected chi connectivity index (χ3v) is 3.67. The lowest BCUT2D eigenvalue weighted by Gasteiger charge is -2.14. The molecule has 0 aliphatic heterocycles. The van der Waals surface area contributed by atoms with Crippen molar-refractivity contribution in [3.05, 3.63) is 77.4 Å².